The highest BCUT2D eigenvalue weighted by Crippen LogP contribution is 2.36. The molecule has 1 fully saturated rings. The zero-order chi connectivity index (χ0) is 18.6. The smallest absolute Gasteiger partial charge is 0.138 e. The Kier molecular flexibility index (Phi) is 5.66. The molecule has 3 aromatic rings. The van der Waals surface area contributed by atoms with Crippen LogP contribution in [0.1, 0.15) is 13.8 Å². The second-order valence-corrected chi connectivity index (χ2v) is 7.98. The van der Waals surface area contributed by atoms with Crippen molar-refractivity contribution in [2.24, 2.45) is 0 Å². The number of thiophene rings is 1. The van der Waals surface area contributed by atoms with Gasteiger partial charge in [-0.3, -0.25) is 4.90 Å². The molecular formula is C21H27N5S. The molecule has 0 unspecified atom stereocenters. The van der Waals surface area contributed by atoms with Gasteiger partial charge in [0.1, 0.15) is 17.0 Å². The molecule has 4 rings (SSSR count). The summed E-state index contributed by atoms with van der Waals surface area (Å²) in [6.45, 7) is 11.2. The molecule has 0 spiro atoms. The molecule has 1 atom stereocenters. The average Bonchev–Trinajstić information content (AvgIpc) is 3.17. The van der Waals surface area contributed by atoms with Crippen molar-refractivity contribution < 1.29 is 0 Å². The van der Waals surface area contributed by atoms with E-state index in [1.54, 1.807) is 17.7 Å². The minimum absolute atomic E-state index is 0.479. The van der Waals surface area contributed by atoms with Crippen molar-refractivity contribution in [3.8, 4) is 11.1 Å². The number of rotatable bonds is 6. The van der Waals surface area contributed by atoms with Gasteiger partial charge in [0.2, 0.25) is 0 Å². The number of hydrogen-bond donors (Lipinski definition) is 1. The van der Waals surface area contributed by atoms with Crippen LogP contribution in [0.15, 0.2) is 42.0 Å². The minimum atomic E-state index is 0.479. The Morgan fingerprint density at radius 3 is 2.63 bits per heavy atom. The molecule has 0 aliphatic carbocycles. The van der Waals surface area contributed by atoms with Crippen molar-refractivity contribution in [2.75, 3.05) is 44.6 Å². The van der Waals surface area contributed by atoms with Crippen molar-refractivity contribution in [1.29, 1.82) is 0 Å². The lowest BCUT2D eigenvalue weighted by Gasteiger charge is -2.37. The fourth-order valence-corrected chi connectivity index (χ4v) is 4.65. The Labute approximate surface area is 165 Å². The number of aromatic nitrogens is 2. The van der Waals surface area contributed by atoms with E-state index in [0.29, 0.717) is 6.04 Å². The topological polar surface area (TPSA) is 44.3 Å². The molecule has 1 aromatic carbocycles. The van der Waals surface area contributed by atoms with E-state index in [1.165, 1.54) is 24.2 Å². The summed E-state index contributed by atoms with van der Waals surface area (Å²) in [4.78, 5) is 15.2. The quantitative estimate of drug-likeness (QED) is 0.704. The van der Waals surface area contributed by atoms with E-state index >= 15 is 0 Å². The van der Waals surface area contributed by atoms with Crippen molar-refractivity contribution in [1.82, 2.24) is 19.8 Å². The molecule has 0 amide bonds. The zero-order valence-electron chi connectivity index (χ0n) is 16.1. The maximum atomic E-state index is 4.57. The maximum Gasteiger partial charge on any atom is 0.138 e. The Morgan fingerprint density at radius 1 is 1.11 bits per heavy atom. The third-order valence-electron chi connectivity index (χ3n) is 5.50. The summed E-state index contributed by atoms with van der Waals surface area (Å²) >= 11 is 1.68. The van der Waals surface area contributed by atoms with Crippen molar-refractivity contribution >= 4 is 27.4 Å². The highest BCUT2D eigenvalue weighted by Gasteiger charge is 2.20. The lowest BCUT2D eigenvalue weighted by molar-refractivity contribution is 0.110. The van der Waals surface area contributed by atoms with Crippen LogP contribution in [0.5, 0.6) is 0 Å². The summed E-state index contributed by atoms with van der Waals surface area (Å²) < 4.78 is 0. The van der Waals surface area contributed by atoms with Crippen LogP contribution in [-0.2, 0) is 0 Å². The van der Waals surface area contributed by atoms with E-state index < -0.39 is 0 Å². The first kappa shape index (κ1) is 18.3. The minimum Gasteiger partial charge on any atom is -0.368 e. The van der Waals surface area contributed by atoms with E-state index in [-0.39, 0.29) is 0 Å². The van der Waals surface area contributed by atoms with Gasteiger partial charge in [-0.15, -0.1) is 11.3 Å². The van der Waals surface area contributed by atoms with Gasteiger partial charge < -0.3 is 10.2 Å². The van der Waals surface area contributed by atoms with E-state index in [1.807, 2.05) is 6.07 Å². The van der Waals surface area contributed by atoms with Crippen molar-refractivity contribution in [3.63, 3.8) is 0 Å². The summed E-state index contributed by atoms with van der Waals surface area (Å²) in [7, 11) is 0. The van der Waals surface area contributed by atoms with Gasteiger partial charge in [-0.1, -0.05) is 37.3 Å². The van der Waals surface area contributed by atoms with Gasteiger partial charge in [0.05, 0.1) is 5.39 Å². The highest BCUT2D eigenvalue weighted by atomic mass is 32.1. The Morgan fingerprint density at radius 2 is 1.89 bits per heavy atom. The monoisotopic (exact) mass is 381 g/mol. The van der Waals surface area contributed by atoms with Crippen molar-refractivity contribution in [2.45, 2.75) is 19.9 Å². The SMILES string of the molecule is CCN1CCN([C@@H](C)CNc2ncnc3scc(-c4ccccc4)c23)CC1. The fourth-order valence-electron chi connectivity index (χ4n) is 3.73. The number of hydrogen-bond acceptors (Lipinski definition) is 6. The summed E-state index contributed by atoms with van der Waals surface area (Å²) in [5, 5.41) is 6.93. The van der Waals surface area contributed by atoms with Gasteiger partial charge >= 0.3 is 0 Å². The van der Waals surface area contributed by atoms with Crippen LogP contribution in [0.4, 0.5) is 5.82 Å². The van der Waals surface area contributed by atoms with Gasteiger partial charge in [0.15, 0.2) is 0 Å². The third kappa shape index (κ3) is 3.98. The molecule has 142 valence electrons. The summed E-state index contributed by atoms with van der Waals surface area (Å²) in [6, 6.07) is 11.0. The van der Waals surface area contributed by atoms with Gasteiger partial charge in [-0.2, -0.15) is 0 Å². The first-order valence-electron chi connectivity index (χ1n) is 9.74. The number of piperazine rings is 1. The van der Waals surface area contributed by atoms with E-state index in [0.717, 1.165) is 42.2 Å². The first-order chi connectivity index (χ1) is 13.3. The van der Waals surface area contributed by atoms with Gasteiger partial charge in [0.25, 0.3) is 0 Å². The molecule has 5 nitrogen and oxygen atoms in total. The first-order valence-corrected chi connectivity index (χ1v) is 10.6. The summed E-state index contributed by atoms with van der Waals surface area (Å²) in [5.74, 6) is 0.944. The number of nitrogens with zero attached hydrogens (tertiary/aromatic N) is 4. The average molecular weight is 382 g/mol. The van der Waals surface area contributed by atoms with Crippen LogP contribution in [0.25, 0.3) is 21.3 Å². The van der Waals surface area contributed by atoms with Crippen LogP contribution in [0.2, 0.25) is 0 Å². The zero-order valence-corrected chi connectivity index (χ0v) is 16.9. The second-order valence-electron chi connectivity index (χ2n) is 7.12. The standard InChI is InChI=1S/C21H27N5S/c1-3-25-9-11-26(12-10-25)16(2)13-22-20-19-18(17-7-5-4-6-8-17)14-27-21(19)24-15-23-20/h4-8,14-16H,3,9-13H2,1-2H3,(H,22,23,24)/t16-/m0/s1. The molecule has 3 heterocycles. The molecule has 2 aromatic heterocycles. The molecule has 1 aliphatic heterocycles. The van der Waals surface area contributed by atoms with E-state index in [9.17, 15) is 0 Å². The van der Waals surface area contributed by atoms with Crippen LogP contribution >= 0.6 is 11.3 Å². The van der Waals surface area contributed by atoms with Crippen LogP contribution < -0.4 is 5.32 Å². The van der Waals surface area contributed by atoms with Gasteiger partial charge in [-0.05, 0) is 19.0 Å². The number of anilines is 1. The Balaban J connectivity index is 1.50. The third-order valence-corrected chi connectivity index (χ3v) is 6.38. The predicted molar refractivity (Wildman–Crippen MR) is 114 cm³/mol. The van der Waals surface area contributed by atoms with Crippen LogP contribution in [-0.4, -0.2) is 65.1 Å². The molecule has 27 heavy (non-hydrogen) atoms. The second kappa shape index (κ2) is 8.33. The van der Waals surface area contributed by atoms with Crippen LogP contribution in [0, 0.1) is 0 Å². The molecular weight excluding hydrogens is 354 g/mol. The van der Waals surface area contributed by atoms with Gasteiger partial charge in [0, 0.05) is 49.7 Å². The number of fused-ring (bicyclic) bond motifs is 1. The molecule has 0 saturated carbocycles. The Bertz CT molecular complexity index is 871. The van der Waals surface area contributed by atoms with Crippen LogP contribution in [0.3, 0.4) is 0 Å². The molecule has 0 radical (unpaired) electrons. The molecule has 1 aliphatic rings. The number of benzene rings is 1. The maximum absolute atomic E-state index is 4.57. The predicted octanol–water partition coefficient (Wildman–Crippen LogP) is 3.80. The van der Waals surface area contributed by atoms with Crippen molar-refractivity contribution in [3.05, 3.63) is 42.0 Å². The summed E-state index contributed by atoms with van der Waals surface area (Å²) in [5.41, 5.74) is 2.42. The van der Waals surface area contributed by atoms with E-state index in [2.05, 4.69) is 68.6 Å². The van der Waals surface area contributed by atoms with Gasteiger partial charge in [-0.25, -0.2) is 9.97 Å². The molecule has 6 heteroatoms. The van der Waals surface area contributed by atoms with E-state index in [4.69, 9.17) is 0 Å². The lowest BCUT2D eigenvalue weighted by atomic mass is 10.1. The molecule has 0 bridgehead atoms. The number of likely N-dealkylation sites (N-methyl/N-ethyl adjacent to an activating group) is 1. The lowest BCUT2D eigenvalue weighted by Crippen LogP contribution is -2.51. The normalized spacial score (nSPS) is 17.3. The fraction of sp³-hybridized carbons (Fsp3) is 0.429. The Hall–Kier alpha value is -2.02. The molecule has 1 saturated heterocycles. The summed E-state index contributed by atoms with van der Waals surface area (Å²) in [6.07, 6.45) is 1.67. The molecule has 1 N–H and O–H groups in total. The largest absolute Gasteiger partial charge is 0.368 e. The number of nitrogens with one attached hydrogen (secondary N) is 1. The highest BCUT2D eigenvalue weighted by molar-refractivity contribution is 7.17.